The molecule has 0 radical (unpaired) electrons. The zero-order valence-corrected chi connectivity index (χ0v) is 19.8. The highest BCUT2D eigenvalue weighted by atomic mass is 35.5. The van der Waals surface area contributed by atoms with Gasteiger partial charge in [0.15, 0.2) is 0 Å². The molecule has 3 aromatic rings. The number of rotatable bonds is 4. The topological polar surface area (TPSA) is 40.5 Å². The number of benzene rings is 2. The van der Waals surface area contributed by atoms with E-state index < -0.39 is 0 Å². The van der Waals surface area contributed by atoms with E-state index in [1.807, 2.05) is 17.0 Å². The zero-order chi connectivity index (χ0) is 20.7. The minimum absolute atomic E-state index is 0. The molecule has 0 atom stereocenters. The number of hydrogen-bond donors (Lipinski definition) is 1. The Balaban J connectivity index is 0.00000144. The fourth-order valence-electron chi connectivity index (χ4n) is 4.78. The maximum absolute atomic E-state index is 13.1. The highest BCUT2D eigenvalue weighted by Gasteiger charge is 2.26. The van der Waals surface area contributed by atoms with Crippen LogP contribution in [-0.4, -0.2) is 48.1 Å². The second-order valence-electron chi connectivity index (χ2n) is 8.31. The van der Waals surface area contributed by atoms with Crippen LogP contribution in [-0.2, 0) is 31.2 Å². The van der Waals surface area contributed by atoms with Crippen LogP contribution in [0.4, 0.5) is 10.1 Å². The summed E-state index contributed by atoms with van der Waals surface area (Å²) >= 11 is 0. The van der Waals surface area contributed by atoms with E-state index in [1.54, 1.807) is 0 Å². The molecule has 0 spiro atoms. The predicted octanol–water partition coefficient (Wildman–Crippen LogP) is 3.70. The van der Waals surface area contributed by atoms with Crippen molar-refractivity contribution in [1.82, 2.24) is 14.8 Å². The van der Waals surface area contributed by atoms with E-state index in [1.165, 1.54) is 34.3 Å². The first-order valence-corrected chi connectivity index (χ1v) is 10.7. The largest absolute Gasteiger partial charge is 0.347 e. The average Bonchev–Trinajstić information content (AvgIpc) is 3.05. The first-order valence-electron chi connectivity index (χ1n) is 10.7. The molecule has 32 heavy (non-hydrogen) atoms. The Kier molecular flexibility index (Phi) is 7.83. The molecule has 0 unspecified atom stereocenters. The summed E-state index contributed by atoms with van der Waals surface area (Å²) in [6, 6.07) is 13.0. The molecule has 1 N–H and O–H groups in total. The lowest BCUT2D eigenvalue weighted by molar-refractivity contribution is -0.121. The predicted molar refractivity (Wildman–Crippen MR) is 132 cm³/mol. The van der Waals surface area contributed by atoms with Crippen LogP contribution in [0.3, 0.4) is 0 Å². The number of amides is 1. The van der Waals surface area contributed by atoms with E-state index in [0.717, 1.165) is 50.3 Å². The molecule has 172 valence electrons. The molecule has 5 nitrogen and oxygen atoms in total. The van der Waals surface area contributed by atoms with Gasteiger partial charge in [-0.3, -0.25) is 9.69 Å². The lowest BCUT2D eigenvalue weighted by Crippen LogP contribution is -2.50. The quantitative estimate of drug-likeness (QED) is 0.621. The Labute approximate surface area is 200 Å². The number of halogens is 3. The van der Waals surface area contributed by atoms with E-state index in [9.17, 15) is 9.18 Å². The van der Waals surface area contributed by atoms with Crippen LogP contribution >= 0.6 is 24.8 Å². The third kappa shape index (κ3) is 4.64. The second-order valence-corrected chi connectivity index (χ2v) is 8.31. The van der Waals surface area contributed by atoms with Gasteiger partial charge in [-0.2, -0.15) is 0 Å². The molecular formula is C24H29Cl2FN4O. The fraction of sp³-hybridized carbons (Fsp3) is 0.375. The molecule has 0 saturated carbocycles. The molecular weight excluding hydrogens is 450 g/mol. The summed E-state index contributed by atoms with van der Waals surface area (Å²) in [7, 11) is 2.13. The van der Waals surface area contributed by atoms with Crippen LogP contribution in [0.1, 0.15) is 16.8 Å². The van der Waals surface area contributed by atoms with Crippen molar-refractivity contribution in [2.45, 2.75) is 19.4 Å². The SMILES string of the molecule is Cl.Cl.Cn1c2c(c3ccc(N4CCN(CCc5ccc(F)cc5)CC4=O)cc31)CNCC2. The van der Waals surface area contributed by atoms with E-state index in [-0.39, 0.29) is 36.5 Å². The van der Waals surface area contributed by atoms with Crippen LogP contribution < -0.4 is 10.2 Å². The van der Waals surface area contributed by atoms with Crippen LogP contribution in [0.15, 0.2) is 42.5 Å². The third-order valence-electron chi connectivity index (χ3n) is 6.50. The number of aryl methyl sites for hydroxylation is 1. The maximum atomic E-state index is 13.1. The van der Waals surface area contributed by atoms with Crippen LogP contribution in [0.2, 0.25) is 0 Å². The van der Waals surface area contributed by atoms with Crippen molar-refractivity contribution in [3.8, 4) is 0 Å². The monoisotopic (exact) mass is 478 g/mol. The Morgan fingerprint density at radius 3 is 2.59 bits per heavy atom. The Bertz CT molecular complexity index is 1100. The summed E-state index contributed by atoms with van der Waals surface area (Å²) in [6.45, 7) is 4.70. The normalized spacial score (nSPS) is 16.4. The van der Waals surface area contributed by atoms with Gasteiger partial charge >= 0.3 is 0 Å². The lowest BCUT2D eigenvalue weighted by atomic mass is 10.1. The van der Waals surface area contributed by atoms with Crippen molar-refractivity contribution in [3.05, 3.63) is 65.1 Å². The summed E-state index contributed by atoms with van der Waals surface area (Å²) in [5, 5.41) is 4.75. The van der Waals surface area contributed by atoms with Gasteiger partial charge in [0, 0.05) is 63.0 Å². The lowest BCUT2D eigenvalue weighted by Gasteiger charge is -2.34. The van der Waals surface area contributed by atoms with Crippen molar-refractivity contribution in [3.63, 3.8) is 0 Å². The minimum Gasteiger partial charge on any atom is -0.347 e. The fourth-order valence-corrected chi connectivity index (χ4v) is 4.78. The van der Waals surface area contributed by atoms with Gasteiger partial charge < -0.3 is 14.8 Å². The van der Waals surface area contributed by atoms with Gasteiger partial charge in [-0.05, 0) is 41.8 Å². The first kappa shape index (κ1) is 24.5. The molecule has 1 fully saturated rings. The number of hydrogen-bond acceptors (Lipinski definition) is 3. The van der Waals surface area contributed by atoms with Gasteiger partial charge in [-0.25, -0.2) is 4.39 Å². The van der Waals surface area contributed by atoms with E-state index in [4.69, 9.17) is 0 Å². The van der Waals surface area contributed by atoms with E-state index >= 15 is 0 Å². The number of anilines is 1. The number of carbonyl (C=O) groups excluding carboxylic acids is 1. The number of fused-ring (bicyclic) bond motifs is 3. The number of aromatic nitrogens is 1. The van der Waals surface area contributed by atoms with Crippen LogP contribution in [0.25, 0.3) is 10.9 Å². The van der Waals surface area contributed by atoms with Crippen molar-refractivity contribution < 1.29 is 9.18 Å². The van der Waals surface area contributed by atoms with Crippen molar-refractivity contribution >= 4 is 47.3 Å². The Morgan fingerprint density at radius 2 is 1.84 bits per heavy atom. The average molecular weight is 479 g/mol. The van der Waals surface area contributed by atoms with Crippen molar-refractivity contribution in [2.75, 3.05) is 37.6 Å². The van der Waals surface area contributed by atoms with Gasteiger partial charge in [0.05, 0.1) is 12.1 Å². The van der Waals surface area contributed by atoms with E-state index in [2.05, 4.69) is 40.0 Å². The number of nitrogens with zero attached hydrogens (tertiary/aromatic N) is 3. The standard InChI is InChI=1S/C24H27FN4O.2ClH/c1-27-22-8-10-26-15-21(22)20-7-6-19(14-23(20)27)29-13-12-28(16-24(29)30)11-9-17-2-4-18(25)5-3-17;;/h2-7,14,26H,8-13,15-16H2,1H3;2*1H. The number of carbonyl (C=O) groups is 1. The molecule has 5 rings (SSSR count). The molecule has 1 amide bonds. The Morgan fingerprint density at radius 1 is 1.06 bits per heavy atom. The molecule has 0 aliphatic carbocycles. The third-order valence-corrected chi connectivity index (χ3v) is 6.50. The summed E-state index contributed by atoms with van der Waals surface area (Å²) in [5.41, 5.74) is 6.07. The molecule has 2 aromatic carbocycles. The smallest absolute Gasteiger partial charge is 0.241 e. The van der Waals surface area contributed by atoms with Crippen molar-refractivity contribution in [1.29, 1.82) is 0 Å². The summed E-state index contributed by atoms with van der Waals surface area (Å²) < 4.78 is 15.4. The summed E-state index contributed by atoms with van der Waals surface area (Å²) in [4.78, 5) is 17.0. The molecule has 2 aliphatic heterocycles. The molecule has 3 heterocycles. The van der Waals surface area contributed by atoms with Gasteiger partial charge in [0.2, 0.25) is 5.91 Å². The number of nitrogens with one attached hydrogen (secondary N) is 1. The number of piperazine rings is 1. The molecule has 0 bridgehead atoms. The van der Waals surface area contributed by atoms with Gasteiger partial charge in [0.1, 0.15) is 5.82 Å². The molecule has 1 saturated heterocycles. The molecule has 2 aliphatic rings. The first-order chi connectivity index (χ1) is 14.6. The zero-order valence-electron chi connectivity index (χ0n) is 18.1. The highest BCUT2D eigenvalue weighted by molar-refractivity contribution is 5.98. The summed E-state index contributed by atoms with van der Waals surface area (Å²) in [6.07, 6.45) is 1.87. The highest BCUT2D eigenvalue weighted by Crippen LogP contribution is 2.31. The molecule has 8 heteroatoms. The maximum Gasteiger partial charge on any atom is 0.241 e. The summed E-state index contributed by atoms with van der Waals surface area (Å²) in [5.74, 6) is -0.0739. The minimum atomic E-state index is -0.213. The second kappa shape index (κ2) is 10.2. The van der Waals surface area contributed by atoms with Crippen molar-refractivity contribution in [2.24, 2.45) is 7.05 Å². The van der Waals surface area contributed by atoms with Gasteiger partial charge in [0.25, 0.3) is 0 Å². The molecule has 1 aromatic heterocycles. The van der Waals surface area contributed by atoms with Crippen LogP contribution in [0, 0.1) is 5.82 Å². The van der Waals surface area contributed by atoms with Crippen LogP contribution in [0.5, 0.6) is 0 Å². The Hall–Kier alpha value is -2.12. The van der Waals surface area contributed by atoms with Gasteiger partial charge in [-0.15, -0.1) is 24.8 Å². The van der Waals surface area contributed by atoms with Gasteiger partial charge in [-0.1, -0.05) is 18.2 Å². The van der Waals surface area contributed by atoms with E-state index in [0.29, 0.717) is 13.1 Å².